The first-order chi connectivity index (χ1) is 13.2. The number of rotatable bonds is 10. The van der Waals surface area contributed by atoms with Crippen molar-refractivity contribution in [3.8, 4) is 0 Å². The smallest absolute Gasteiger partial charge is 0.415 e. The van der Waals surface area contributed by atoms with E-state index in [1.807, 2.05) is 0 Å². The van der Waals surface area contributed by atoms with Gasteiger partial charge in [-0.05, 0) is 40.0 Å². The third-order valence-corrected chi connectivity index (χ3v) is 4.64. The molecule has 0 aromatic carbocycles. The van der Waals surface area contributed by atoms with E-state index in [9.17, 15) is 14.4 Å². The van der Waals surface area contributed by atoms with Gasteiger partial charge in [-0.1, -0.05) is 51.9 Å². The first kappa shape index (κ1) is 24.2. The van der Waals surface area contributed by atoms with Gasteiger partial charge in [-0.2, -0.15) is 0 Å². The fourth-order valence-corrected chi connectivity index (χ4v) is 3.22. The van der Waals surface area contributed by atoms with Gasteiger partial charge in [0.2, 0.25) is 0 Å². The number of ether oxygens (including phenoxy) is 2. The molecule has 0 saturated carbocycles. The Bertz CT molecular complexity index is 502. The van der Waals surface area contributed by atoms with E-state index in [1.165, 1.54) is 37.0 Å². The number of nitrogens with one attached hydrogen (secondary N) is 1. The van der Waals surface area contributed by atoms with Gasteiger partial charge in [0.15, 0.2) is 0 Å². The number of unbranched alkanes of at least 4 members (excludes halogenated alkanes) is 7. The topological polar surface area (TPSA) is 84.9 Å². The largest absolute Gasteiger partial charge is 0.464 e. The summed E-state index contributed by atoms with van der Waals surface area (Å²) in [5.41, 5.74) is -0.691. The van der Waals surface area contributed by atoms with E-state index in [1.54, 1.807) is 20.8 Å². The number of esters is 1. The van der Waals surface area contributed by atoms with Gasteiger partial charge >= 0.3 is 18.1 Å². The molecule has 1 saturated heterocycles. The van der Waals surface area contributed by atoms with Crippen LogP contribution in [0.15, 0.2) is 0 Å². The summed E-state index contributed by atoms with van der Waals surface area (Å²) < 4.78 is 10.4. The molecule has 7 heteroatoms. The molecule has 1 rings (SSSR count). The highest BCUT2D eigenvalue weighted by atomic mass is 16.6. The normalized spacial score (nSPS) is 16.7. The van der Waals surface area contributed by atoms with E-state index >= 15 is 0 Å². The molecule has 0 spiro atoms. The van der Waals surface area contributed by atoms with Crippen molar-refractivity contribution in [2.75, 3.05) is 13.2 Å². The first-order valence-corrected chi connectivity index (χ1v) is 10.7. The fraction of sp³-hybridized carbons (Fsp3) is 0.857. The molecule has 1 fully saturated rings. The van der Waals surface area contributed by atoms with Crippen molar-refractivity contribution in [2.45, 2.75) is 104 Å². The lowest BCUT2D eigenvalue weighted by molar-refractivity contribution is -0.148. The molecule has 0 bridgehead atoms. The van der Waals surface area contributed by atoms with Crippen LogP contribution in [-0.4, -0.2) is 47.8 Å². The van der Waals surface area contributed by atoms with Crippen LogP contribution in [-0.2, 0) is 14.3 Å². The number of imide groups is 1. The van der Waals surface area contributed by atoms with Crippen LogP contribution in [0.25, 0.3) is 0 Å². The van der Waals surface area contributed by atoms with Gasteiger partial charge in [0, 0.05) is 6.54 Å². The molecule has 1 atom stereocenters. The Morgan fingerprint density at radius 2 is 1.61 bits per heavy atom. The molecule has 1 aliphatic heterocycles. The standard InChI is InChI=1S/C21H38N2O5/c1-5-6-7-8-9-10-11-12-16-27-18(24)17-14-13-15-23(17)19(25)22-20(26)28-21(2,3)4/h17H,5-16H2,1-4H3,(H,22,25,26)/t17-/m0/s1. The van der Waals surface area contributed by atoms with Gasteiger partial charge in [0.1, 0.15) is 11.6 Å². The number of carbonyl (C=O) groups is 3. The number of hydrogen-bond donors (Lipinski definition) is 1. The number of alkyl carbamates (subject to hydrolysis) is 1. The number of likely N-dealkylation sites (tertiary alicyclic amines) is 1. The van der Waals surface area contributed by atoms with Crippen molar-refractivity contribution in [3.63, 3.8) is 0 Å². The van der Waals surface area contributed by atoms with Crippen LogP contribution in [0.1, 0.15) is 91.9 Å². The quantitative estimate of drug-likeness (QED) is 0.423. The van der Waals surface area contributed by atoms with Crippen molar-refractivity contribution < 1.29 is 23.9 Å². The summed E-state index contributed by atoms with van der Waals surface area (Å²) >= 11 is 0. The maximum atomic E-state index is 12.3. The average molecular weight is 399 g/mol. The molecule has 0 unspecified atom stereocenters. The molecule has 28 heavy (non-hydrogen) atoms. The number of urea groups is 1. The molecule has 1 aliphatic rings. The summed E-state index contributed by atoms with van der Waals surface area (Å²) in [4.78, 5) is 37.7. The van der Waals surface area contributed by atoms with E-state index < -0.39 is 23.8 Å². The lowest BCUT2D eigenvalue weighted by Gasteiger charge is -2.24. The van der Waals surface area contributed by atoms with Gasteiger partial charge in [-0.15, -0.1) is 0 Å². The first-order valence-electron chi connectivity index (χ1n) is 10.7. The minimum Gasteiger partial charge on any atom is -0.464 e. The maximum absolute atomic E-state index is 12.3. The second-order valence-electron chi connectivity index (χ2n) is 8.43. The third kappa shape index (κ3) is 9.95. The van der Waals surface area contributed by atoms with E-state index in [0.717, 1.165) is 19.3 Å². The van der Waals surface area contributed by atoms with Crippen LogP contribution < -0.4 is 5.32 Å². The summed E-state index contributed by atoms with van der Waals surface area (Å²) in [6.07, 6.45) is 9.87. The van der Waals surface area contributed by atoms with Crippen LogP contribution in [0, 0.1) is 0 Å². The zero-order valence-corrected chi connectivity index (χ0v) is 18.1. The Morgan fingerprint density at radius 1 is 1.00 bits per heavy atom. The summed E-state index contributed by atoms with van der Waals surface area (Å²) in [6, 6.07) is -1.24. The number of hydrogen-bond acceptors (Lipinski definition) is 5. The molecular formula is C21H38N2O5. The predicted octanol–water partition coefficient (Wildman–Crippen LogP) is 4.78. The summed E-state index contributed by atoms with van der Waals surface area (Å²) in [5, 5.41) is 2.19. The summed E-state index contributed by atoms with van der Waals surface area (Å²) in [5.74, 6) is -0.389. The summed E-state index contributed by atoms with van der Waals surface area (Å²) in [6.45, 7) is 8.17. The minimum absolute atomic E-state index is 0.381. The molecule has 162 valence electrons. The Kier molecular flexibility index (Phi) is 10.9. The highest BCUT2D eigenvalue weighted by Gasteiger charge is 2.36. The van der Waals surface area contributed by atoms with Crippen molar-refractivity contribution in [1.82, 2.24) is 10.2 Å². The Morgan fingerprint density at radius 3 is 2.21 bits per heavy atom. The molecule has 3 amide bonds. The van der Waals surface area contributed by atoms with Gasteiger partial charge in [-0.3, -0.25) is 0 Å². The highest BCUT2D eigenvalue weighted by Crippen LogP contribution is 2.19. The van der Waals surface area contributed by atoms with E-state index in [-0.39, 0.29) is 5.97 Å². The lowest BCUT2D eigenvalue weighted by Crippen LogP contribution is -2.49. The van der Waals surface area contributed by atoms with Crippen LogP contribution >= 0.6 is 0 Å². The van der Waals surface area contributed by atoms with Gasteiger partial charge in [0.25, 0.3) is 0 Å². The second kappa shape index (κ2) is 12.6. The van der Waals surface area contributed by atoms with Crippen molar-refractivity contribution in [2.24, 2.45) is 0 Å². The molecule has 0 aromatic rings. The highest BCUT2D eigenvalue weighted by molar-refractivity contribution is 5.93. The number of amides is 3. The fourth-order valence-electron chi connectivity index (χ4n) is 3.22. The molecule has 0 aromatic heterocycles. The minimum atomic E-state index is -0.810. The maximum Gasteiger partial charge on any atom is 0.415 e. The number of carbonyl (C=O) groups excluding carboxylic acids is 3. The zero-order chi connectivity index (χ0) is 21.0. The monoisotopic (exact) mass is 398 g/mol. The van der Waals surface area contributed by atoms with Crippen LogP contribution in [0.2, 0.25) is 0 Å². The van der Waals surface area contributed by atoms with E-state index in [2.05, 4.69) is 12.2 Å². The van der Waals surface area contributed by atoms with Crippen LogP contribution in [0.5, 0.6) is 0 Å². The molecule has 1 heterocycles. The van der Waals surface area contributed by atoms with Gasteiger partial charge in [-0.25, -0.2) is 19.7 Å². The Hall–Kier alpha value is -1.79. The van der Waals surface area contributed by atoms with Crippen LogP contribution in [0.3, 0.4) is 0 Å². The molecule has 0 radical (unpaired) electrons. The average Bonchev–Trinajstić information content (AvgIpc) is 3.08. The van der Waals surface area contributed by atoms with Crippen molar-refractivity contribution in [3.05, 3.63) is 0 Å². The Balaban J connectivity index is 2.26. The van der Waals surface area contributed by atoms with E-state index in [0.29, 0.717) is 26.0 Å². The lowest BCUT2D eigenvalue weighted by atomic mass is 10.1. The molecular weight excluding hydrogens is 360 g/mol. The van der Waals surface area contributed by atoms with Crippen molar-refractivity contribution >= 4 is 18.1 Å². The molecule has 1 N–H and O–H groups in total. The van der Waals surface area contributed by atoms with Crippen LogP contribution in [0.4, 0.5) is 9.59 Å². The van der Waals surface area contributed by atoms with Gasteiger partial charge in [0.05, 0.1) is 6.61 Å². The number of nitrogens with zero attached hydrogens (tertiary/aromatic N) is 1. The predicted molar refractivity (Wildman–Crippen MR) is 108 cm³/mol. The van der Waals surface area contributed by atoms with Crippen molar-refractivity contribution in [1.29, 1.82) is 0 Å². The summed E-state index contributed by atoms with van der Waals surface area (Å²) in [7, 11) is 0. The molecule has 7 nitrogen and oxygen atoms in total. The van der Waals surface area contributed by atoms with E-state index in [4.69, 9.17) is 9.47 Å². The SMILES string of the molecule is CCCCCCCCCCOC(=O)[C@@H]1CCCN1C(=O)NC(=O)OC(C)(C)C. The third-order valence-electron chi connectivity index (χ3n) is 4.64. The van der Waals surface area contributed by atoms with Gasteiger partial charge < -0.3 is 14.4 Å². The second-order valence-corrected chi connectivity index (χ2v) is 8.43. The molecule has 0 aliphatic carbocycles. The Labute approximate surface area is 169 Å². The zero-order valence-electron chi connectivity index (χ0n) is 18.1.